The molecule has 20 heavy (non-hydrogen) atoms. The number of hydrogen-bond acceptors (Lipinski definition) is 3. The lowest BCUT2D eigenvalue weighted by Crippen LogP contribution is -2.35. The molecule has 0 bridgehead atoms. The number of pyridine rings is 1. The van der Waals surface area contributed by atoms with Gasteiger partial charge in [-0.05, 0) is 50.3 Å². The minimum absolute atomic E-state index is 0.392. The van der Waals surface area contributed by atoms with Gasteiger partial charge in [0.15, 0.2) is 0 Å². The van der Waals surface area contributed by atoms with E-state index < -0.39 is 0 Å². The Balaban J connectivity index is 1.98. The topological polar surface area (TPSA) is 42.2 Å². The van der Waals surface area contributed by atoms with Crippen LogP contribution < -0.4 is 5.73 Å². The number of hydrogen-bond donors (Lipinski definition) is 1. The summed E-state index contributed by atoms with van der Waals surface area (Å²) in [7, 11) is 2.20. The van der Waals surface area contributed by atoms with Gasteiger partial charge in [0.05, 0.1) is 0 Å². The Hall–Kier alpha value is -1.00. The van der Waals surface area contributed by atoms with E-state index in [4.69, 9.17) is 18.0 Å². The van der Waals surface area contributed by atoms with E-state index in [1.807, 2.05) is 6.07 Å². The molecule has 1 aliphatic rings. The standard InChI is InChI=1S/C16H25N3S/c1-3-12-6-8-14(9-7-12)19(2)11-13-5-4-10-18-15(13)16(17)20/h4-5,10,12,14H,3,6-9,11H2,1-2H3,(H2,17,20). The first-order valence-electron chi connectivity index (χ1n) is 7.55. The van der Waals surface area contributed by atoms with Gasteiger partial charge >= 0.3 is 0 Å². The second-order valence-electron chi connectivity index (χ2n) is 5.87. The zero-order valence-corrected chi connectivity index (χ0v) is 13.3. The minimum Gasteiger partial charge on any atom is -0.388 e. The van der Waals surface area contributed by atoms with Crippen molar-refractivity contribution in [3.63, 3.8) is 0 Å². The molecule has 0 spiro atoms. The van der Waals surface area contributed by atoms with Crippen LogP contribution in [0.4, 0.5) is 0 Å². The molecule has 1 fully saturated rings. The molecule has 0 amide bonds. The third-order valence-corrected chi connectivity index (χ3v) is 4.75. The lowest BCUT2D eigenvalue weighted by atomic mass is 9.84. The predicted octanol–water partition coefficient (Wildman–Crippen LogP) is 3.12. The highest BCUT2D eigenvalue weighted by molar-refractivity contribution is 7.80. The van der Waals surface area contributed by atoms with Gasteiger partial charge in [-0.3, -0.25) is 9.88 Å². The first-order chi connectivity index (χ1) is 9.61. The lowest BCUT2D eigenvalue weighted by Gasteiger charge is -2.34. The molecule has 4 heteroatoms. The molecule has 1 aromatic heterocycles. The second kappa shape index (κ2) is 7.14. The van der Waals surface area contributed by atoms with Crippen molar-refractivity contribution in [2.24, 2.45) is 11.7 Å². The fourth-order valence-electron chi connectivity index (χ4n) is 3.18. The van der Waals surface area contributed by atoms with Crippen LogP contribution in [0.5, 0.6) is 0 Å². The summed E-state index contributed by atoms with van der Waals surface area (Å²) in [5, 5.41) is 0. The first-order valence-corrected chi connectivity index (χ1v) is 7.96. The van der Waals surface area contributed by atoms with Crippen molar-refractivity contribution in [3.8, 4) is 0 Å². The fraction of sp³-hybridized carbons (Fsp3) is 0.625. The van der Waals surface area contributed by atoms with Crippen molar-refractivity contribution in [1.29, 1.82) is 0 Å². The van der Waals surface area contributed by atoms with Crippen LogP contribution in [-0.4, -0.2) is 28.0 Å². The molecule has 1 aromatic rings. The van der Waals surface area contributed by atoms with E-state index in [0.29, 0.717) is 11.0 Å². The quantitative estimate of drug-likeness (QED) is 0.846. The molecule has 110 valence electrons. The highest BCUT2D eigenvalue weighted by Gasteiger charge is 2.23. The smallest absolute Gasteiger partial charge is 0.123 e. The Bertz CT molecular complexity index is 453. The molecule has 1 saturated carbocycles. The molecule has 2 rings (SSSR count). The summed E-state index contributed by atoms with van der Waals surface area (Å²) >= 11 is 5.09. The Labute approximate surface area is 127 Å². The predicted molar refractivity (Wildman–Crippen MR) is 87.6 cm³/mol. The van der Waals surface area contributed by atoms with Crippen LogP contribution in [0.1, 0.15) is 50.3 Å². The zero-order chi connectivity index (χ0) is 14.5. The van der Waals surface area contributed by atoms with Crippen LogP contribution in [0.15, 0.2) is 18.3 Å². The fourth-order valence-corrected chi connectivity index (χ4v) is 3.36. The molecule has 0 aromatic carbocycles. The number of nitrogens with two attached hydrogens (primary N) is 1. The van der Waals surface area contributed by atoms with Gasteiger partial charge in [-0.1, -0.05) is 31.6 Å². The molecular weight excluding hydrogens is 266 g/mol. The summed E-state index contributed by atoms with van der Waals surface area (Å²) in [4.78, 5) is 7.14. The van der Waals surface area contributed by atoms with Gasteiger partial charge in [0, 0.05) is 18.8 Å². The van der Waals surface area contributed by atoms with E-state index in [2.05, 4.69) is 29.9 Å². The van der Waals surface area contributed by atoms with Gasteiger partial charge in [0.2, 0.25) is 0 Å². The van der Waals surface area contributed by atoms with Crippen LogP contribution in [0.2, 0.25) is 0 Å². The van der Waals surface area contributed by atoms with E-state index in [1.165, 1.54) is 32.1 Å². The summed E-state index contributed by atoms with van der Waals surface area (Å²) < 4.78 is 0. The SMILES string of the molecule is CCC1CCC(N(C)Cc2cccnc2C(N)=S)CC1. The summed E-state index contributed by atoms with van der Waals surface area (Å²) in [6.07, 6.45) is 8.41. The number of nitrogens with zero attached hydrogens (tertiary/aromatic N) is 2. The Kier molecular flexibility index (Phi) is 5.49. The Morgan fingerprint density at radius 3 is 2.70 bits per heavy atom. The van der Waals surface area contributed by atoms with Crippen molar-refractivity contribution >= 4 is 17.2 Å². The van der Waals surface area contributed by atoms with Crippen molar-refractivity contribution in [3.05, 3.63) is 29.6 Å². The largest absolute Gasteiger partial charge is 0.388 e. The van der Waals surface area contributed by atoms with E-state index >= 15 is 0 Å². The van der Waals surface area contributed by atoms with E-state index in [-0.39, 0.29) is 0 Å². The highest BCUT2D eigenvalue weighted by atomic mass is 32.1. The summed E-state index contributed by atoms with van der Waals surface area (Å²) in [5.74, 6) is 0.935. The number of rotatable bonds is 5. The average molecular weight is 291 g/mol. The van der Waals surface area contributed by atoms with Crippen molar-refractivity contribution in [1.82, 2.24) is 9.88 Å². The second-order valence-corrected chi connectivity index (χ2v) is 6.31. The van der Waals surface area contributed by atoms with E-state index in [1.54, 1.807) is 6.20 Å². The average Bonchev–Trinajstić information content (AvgIpc) is 2.47. The van der Waals surface area contributed by atoms with Crippen LogP contribution in [0, 0.1) is 5.92 Å². The summed E-state index contributed by atoms with van der Waals surface area (Å²) in [5.41, 5.74) is 7.67. The Morgan fingerprint density at radius 2 is 2.10 bits per heavy atom. The van der Waals surface area contributed by atoms with Crippen molar-refractivity contribution in [2.45, 2.75) is 51.6 Å². The van der Waals surface area contributed by atoms with E-state index in [9.17, 15) is 0 Å². The monoisotopic (exact) mass is 291 g/mol. The molecule has 0 atom stereocenters. The molecule has 0 unspecified atom stereocenters. The summed E-state index contributed by atoms with van der Waals surface area (Å²) in [6.45, 7) is 3.18. The summed E-state index contributed by atoms with van der Waals surface area (Å²) in [6, 6.07) is 4.71. The number of thiocarbonyl (C=S) groups is 1. The van der Waals surface area contributed by atoms with Crippen LogP contribution in [0.25, 0.3) is 0 Å². The van der Waals surface area contributed by atoms with Crippen molar-refractivity contribution < 1.29 is 0 Å². The van der Waals surface area contributed by atoms with Gasteiger partial charge < -0.3 is 5.73 Å². The molecule has 2 N–H and O–H groups in total. The maximum absolute atomic E-state index is 5.76. The van der Waals surface area contributed by atoms with Crippen LogP contribution in [-0.2, 0) is 6.54 Å². The molecule has 0 saturated heterocycles. The van der Waals surface area contributed by atoms with Gasteiger partial charge in [-0.15, -0.1) is 0 Å². The molecule has 1 heterocycles. The number of aromatic nitrogens is 1. The minimum atomic E-state index is 0.392. The molecule has 0 aliphatic heterocycles. The van der Waals surface area contributed by atoms with Gasteiger partial charge in [-0.2, -0.15) is 0 Å². The lowest BCUT2D eigenvalue weighted by molar-refractivity contribution is 0.157. The first kappa shape index (κ1) is 15.4. The van der Waals surface area contributed by atoms with Gasteiger partial charge in [-0.25, -0.2) is 0 Å². The molecule has 3 nitrogen and oxygen atoms in total. The highest BCUT2D eigenvalue weighted by Crippen LogP contribution is 2.29. The van der Waals surface area contributed by atoms with Gasteiger partial charge in [0.25, 0.3) is 0 Å². The normalized spacial score (nSPS) is 22.9. The van der Waals surface area contributed by atoms with Crippen molar-refractivity contribution in [2.75, 3.05) is 7.05 Å². The van der Waals surface area contributed by atoms with Crippen LogP contribution >= 0.6 is 12.2 Å². The zero-order valence-electron chi connectivity index (χ0n) is 12.5. The third kappa shape index (κ3) is 3.76. The van der Waals surface area contributed by atoms with E-state index in [0.717, 1.165) is 23.7 Å². The molecule has 0 radical (unpaired) electrons. The maximum atomic E-state index is 5.76. The van der Waals surface area contributed by atoms with Gasteiger partial charge in [0.1, 0.15) is 10.7 Å². The van der Waals surface area contributed by atoms with Crippen LogP contribution in [0.3, 0.4) is 0 Å². The maximum Gasteiger partial charge on any atom is 0.123 e. The molecule has 1 aliphatic carbocycles. The Morgan fingerprint density at radius 1 is 1.40 bits per heavy atom. The third-order valence-electron chi connectivity index (χ3n) is 4.56. The molecular formula is C16H25N3S.